The van der Waals surface area contributed by atoms with Crippen LogP contribution in [-0.4, -0.2) is 18.3 Å². The maximum Gasteiger partial charge on any atom is 0.262 e. The third-order valence-corrected chi connectivity index (χ3v) is 1.95. The van der Waals surface area contributed by atoms with Crippen molar-refractivity contribution in [3.63, 3.8) is 0 Å². The standard InChI is InChI=1S/C10H12N2O2/c1-7-2-3-8-9(6-7)14-12-10(8)13-5-4-11/h2-3,6H,4-5,11H2,1H3. The lowest BCUT2D eigenvalue weighted by Crippen LogP contribution is -2.10. The van der Waals surface area contributed by atoms with Gasteiger partial charge in [0.15, 0.2) is 5.58 Å². The highest BCUT2D eigenvalue weighted by molar-refractivity contribution is 5.82. The molecule has 1 heterocycles. The molecule has 2 N–H and O–H groups in total. The zero-order valence-electron chi connectivity index (χ0n) is 7.99. The van der Waals surface area contributed by atoms with Crippen molar-refractivity contribution >= 4 is 11.0 Å². The number of fused-ring (bicyclic) bond motifs is 1. The molecule has 14 heavy (non-hydrogen) atoms. The monoisotopic (exact) mass is 192 g/mol. The summed E-state index contributed by atoms with van der Waals surface area (Å²) >= 11 is 0. The summed E-state index contributed by atoms with van der Waals surface area (Å²) in [5, 5.41) is 4.71. The molecule has 2 rings (SSSR count). The van der Waals surface area contributed by atoms with Crippen LogP contribution >= 0.6 is 0 Å². The van der Waals surface area contributed by atoms with Crippen molar-refractivity contribution in [3.05, 3.63) is 23.8 Å². The fourth-order valence-electron chi connectivity index (χ4n) is 1.28. The Hall–Kier alpha value is -1.55. The average molecular weight is 192 g/mol. The topological polar surface area (TPSA) is 61.3 Å². The smallest absolute Gasteiger partial charge is 0.262 e. The van der Waals surface area contributed by atoms with Crippen LogP contribution in [0.2, 0.25) is 0 Å². The molecule has 1 aromatic heterocycles. The summed E-state index contributed by atoms with van der Waals surface area (Å²) in [6.07, 6.45) is 0. The summed E-state index contributed by atoms with van der Waals surface area (Å²) in [6, 6.07) is 5.86. The minimum Gasteiger partial charge on any atom is -0.474 e. The Balaban J connectivity index is 2.37. The first kappa shape index (κ1) is 9.02. The third kappa shape index (κ3) is 1.56. The molecule has 0 amide bonds. The van der Waals surface area contributed by atoms with Gasteiger partial charge in [-0.2, -0.15) is 0 Å². The Labute approximate surface area is 81.6 Å². The van der Waals surface area contributed by atoms with E-state index in [1.54, 1.807) is 0 Å². The summed E-state index contributed by atoms with van der Waals surface area (Å²) in [5.74, 6) is 0.519. The van der Waals surface area contributed by atoms with Crippen molar-refractivity contribution in [1.82, 2.24) is 5.16 Å². The van der Waals surface area contributed by atoms with Crippen LogP contribution in [0.5, 0.6) is 5.88 Å². The molecule has 0 aliphatic rings. The van der Waals surface area contributed by atoms with Crippen molar-refractivity contribution < 1.29 is 9.26 Å². The van der Waals surface area contributed by atoms with E-state index in [1.807, 2.05) is 25.1 Å². The van der Waals surface area contributed by atoms with Crippen LogP contribution in [0.25, 0.3) is 11.0 Å². The average Bonchev–Trinajstić information content (AvgIpc) is 2.57. The molecule has 0 aliphatic carbocycles. The third-order valence-electron chi connectivity index (χ3n) is 1.95. The van der Waals surface area contributed by atoms with Crippen LogP contribution in [0, 0.1) is 6.92 Å². The van der Waals surface area contributed by atoms with Crippen molar-refractivity contribution in [3.8, 4) is 5.88 Å². The normalized spacial score (nSPS) is 10.7. The number of nitrogens with two attached hydrogens (primary N) is 1. The number of aromatic nitrogens is 1. The number of hydrogen-bond donors (Lipinski definition) is 1. The van der Waals surface area contributed by atoms with E-state index in [0.29, 0.717) is 19.0 Å². The molecular weight excluding hydrogens is 180 g/mol. The molecule has 4 nitrogen and oxygen atoms in total. The summed E-state index contributed by atoms with van der Waals surface area (Å²) in [4.78, 5) is 0. The minimum absolute atomic E-state index is 0.454. The van der Waals surface area contributed by atoms with Crippen molar-refractivity contribution in [2.75, 3.05) is 13.2 Å². The van der Waals surface area contributed by atoms with Crippen molar-refractivity contribution in [1.29, 1.82) is 0 Å². The molecule has 0 spiro atoms. The predicted octanol–water partition coefficient (Wildman–Crippen LogP) is 1.47. The predicted molar refractivity (Wildman–Crippen MR) is 53.3 cm³/mol. The van der Waals surface area contributed by atoms with Gasteiger partial charge < -0.3 is 15.0 Å². The van der Waals surface area contributed by atoms with Crippen LogP contribution in [0.3, 0.4) is 0 Å². The van der Waals surface area contributed by atoms with E-state index in [4.69, 9.17) is 15.0 Å². The maximum atomic E-state index is 5.33. The first-order valence-electron chi connectivity index (χ1n) is 4.50. The highest BCUT2D eigenvalue weighted by atomic mass is 16.5. The highest BCUT2D eigenvalue weighted by Crippen LogP contribution is 2.25. The number of hydrogen-bond acceptors (Lipinski definition) is 4. The fourth-order valence-corrected chi connectivity index (χ4v) is 1.28. The maximum absolute atomic E-state index is 5.33. The van der Waals surface area contributed by atoms with Gasteiger partial charge in [-0.1, -0.05) is 6.07 Å². The number of ether oxygens (including phenoxy) is 1. The SMILES string of the molecule is Cc1ccc2c(OCCN)noc2c1. The molecule has 0 atom stereocenters. The van der Waals surface area contributed by atoms with Crippen LogP contribution < -0.4 is 10.5 Å². The molecule has 0 saturated heterocycles. The highest BCUT2D eigenvalue weighted by Gasteiger charge is 2.08. The summed E-state index contributed by atoms with van der Waals surface area (Å²) < 4.78 is 10.4. The van der Waals surface area contributed by atoms with Crippen LogP contribution in [0.15, 0.2) is 22.7 Å². The van der Waals surface area contributed by atoms with Crippen LogP contribution in [-0.2, 0) is 0 Å². The molecule has 0 radical (unpaired) electrons. The second-order valence-electron chi connectivity index (χ2n) is 3.12. The second kappa shape index (κ2) is 3.67. The zero-order chi connectivity index (χ0) is 9.97. The fraction of sp³-hybridized carbons (Fsp3) is 0.300. The first-order chi connectivity index (χ1) is 6.81. The Kier molecular flexibility index (Phi) is 2.37. The van der Waals surface area contributed by atoms with Gasteiger partial charge in [0.1, 0.15) is 6.61 Å². The molecule has 1 aromatic carbocycles. The van der Waals surface area contributed by atoms with E-state index in [1.165, 1.54) is 0 Å². The molecule has 0 aliphatic heterocycles. The van der Waals surface area contributed by atoms with E-state index >= 15 is 0 Å². The largest absolute Gasteiger partial charge is 0.474 e. The van der Waals surface area contributed by atoms with Gasteiger partial charge in [0.25, 0.3) is 5.88 Å². The molecule has 0 fully saturated rings. The van der Waals surface area contributed by atoms with E-state index < -0.39 is 0 Å². The van der Waals surface area contributed by atoms with Gasteiger partial charge in [-0.05, 0) is 29.8 Å². The summed E-state index contributed by atoms with van der Waals surface area (Å²) in [7, 11) is 0. The van der Waals surface area contributed by atoms with Crippen LogP contribution in [0.4, 0.5) is 0 Å². The Morgan fingerprint density at radius 2 is 2.36 bits per heavy atom. The molecular formula is C10H12N2O2. The number of rotatable bonds is 3. The van der Waals surface area contributed by atoms with Gasteiger partial charge in [-0.25, -0.2) is 0 Å². The Bertz CT molecular complexity index is 437. The van der Waals surface area contributed by atoms with Gasteiger partial charge in [-0.3, -0.25) is 0 Å². The summed E-state index contributed by atoms with van der Waals surface area (Å²) in [5.41, 5.74) is 7.22. The molecule has 4 heteroatoms. The zero-order valence-corrected chi connectivity index (χ0v) is 7.99. The Morgan fingerprint density at radius 1 is 1.50 bits per heavy atom. The number of nitrogens with zero attached hydrogens (tertiary/aromatic N) is 1. The minimum atomic E-state index is 0.454. The quantitative estimate of drug-likeness (QED) is 0.800. The van der Waals surface area contributed by atoms with Crippen molar-refractivity contribution in [2.24, 2.45) is 5.73 Å². The Morgan fingerprint density at radius 3 is 3.14 bits per heavy atom. The molecule has 2 aromatic rings. The van der Waals surface area contributed by atoms with Crippen molar-refractivity contribution in [2.45, 2.75) is 6.92 Å². The van der Waals surface area contributed by atoms with Gasteiger partial charge in [-0.15, -0.1) is 0 Å². The van der Waals surface area contributed by atoms with Gasteiger partial charge in [0.2, 0.25) is 0 Å². The van der Waals surface area contributed by atoms with E-state index in [9.17, 15) is 0 Å². The second-order valence-corrected chi connectivity index (χ2v) is 3.12. The van der Waals surface area contributed by atoms with E-state index in [2.05, 4.69) is 5.16 Å². The lowest BCUT2D eigenvalue weighted by atomic mass is 10.2. The number of benzene rings is 1. The van der Waals surface area contributed by atoms with E-state index in [-0.39, 0.29) is 0 Å². The van der Waals surface area contributed by atoms with Gasteiger partial charge in [0.05, 0.1) is 5.39 Å². The summed E-state index contributed by atoms with van der Waals surface area (Å²) in [6.45, 7) is 2.93. The number of aryl methyl sites for hydroxylation is 1. The first-order valence-corrected chi connectivity index (χ1v) is 4.50. The lowest BCUT2D eigenvalue weighted by Gasteiger charge is -1.98. The van der Waals surface area contributed by atoms with Gasteiger partial charge in [0, 0.05) is 6.54 Å². The van der Waals surface area contributed by atoms with Crippen LogP contribution in [0.1, 0.15) is 5.56 Å². The molecule has 0 unspecified atom stereocenters. The molecule has 0 saturated carbocycles. The van der Waals surface area contributed by atoms with E-state index in [0.717, 1.165) is 16.5 Å². The van der Waals surface area contributed by atoms with Gasteiger partial charge >= 0.3 is 0 Å². The molecule has 74 valence electrons. The lowest BCUT2D eigenvalue weighted by molar-refractivity contribution is 0.293. The molecule has 0 bridgehead atoms.